The molecule has 1 saturated heterocycles. The Labute approximate surface area is 102 Å². The largest absolute Gasteiger partial charge is 0.464 e. The molecule has 4 nitrogen and oxygen atoms in total. The first-order valence-electron chi connectivity index (χ1n) is 6.28. The predicted molar refractivity (Wildman–Crippen MR) is 64.8 cm³/mol. The van der Waals surface area contributed by atoms with E-state index in [9.17, 15) is 0 Å². The summed E-state index contributed by atoms with van der Waals surface area (Å²) in [6.07, 6.45) is 1.40. The van der Waals surface area contributed by atoms with E-state index >= 15 is 0 Å². The van der Waals surface area contributed by atoms with Gasteiger partial charge in [-0.05, 0) is 26.0 Å². The average Bonchev–Trinajstić information content (AvgIpc) is 2.58. The fourth-order valence-corrected chi connectivity index (χ4v) is 1.74. The highest BCUT2D eigenvalue weighted by Crippen LogP contribution is 2.17. The predicted octanol–water partition coefficient (Wildman–Crippen LogP) is 2.00. The Hall–Kier alpha value is -0.840. The monoisotopic (exact) mass is 239 g/mol. The average molecular weight is 239 g/mol. The quantitative estimate of drug-likeness (QED) is 0.739. The van der Waals surface area contributed by atoms with Crippen LogP contribution in [0.4, 0.5) is 0 Å². The third kappa shape index (κ3) is 3.56. The van der Waals surface area contributed by atoms with Gasteiger partial charge in [0.1, 0.15) is 24.2 Å². The van der Waals surface area contributed by atoms with Crippen molar-refractivity contribution < 1.29 is 13.9 Å². The molecule has 2 rings (SSSR count). The first-order chi connectivity index (χ1) is 8.29. The van der Waals surface area contributed by atoms with Crippen molar-refractivity contribution in [2.45, 2.75) is 39.5 Å². The molecule has 17 heavy (non-hydrogen) atoms. The fraction of sp³-hybridized carbons (Fsp3) is 0.692. The molecule has 1 aromatic heterocycles. The molecule has 1 aliphatic heterocycles. The second-order valence-electron chi connectivity index (χ2n) is 4.44. The van der Waals surface area contributed by atoms with Gasteiger partial charge in [0.15, 0.2) is 0 Å². The number of nitrogens with one attached hydrogen (secondary N) is 1. The zero-order chi connectivity index (χ0) is 12.1. The van der Waals surface area contributed by atoms with Crippen molar-refractivity contribution in [1.82, 2.24) is 5.32 Å². The molecule has 1 N–H and O–H groups in total. The SMILES string of the molecule is CCCNCc1cc(COC2COC2)oc1C. The number of rotatable bonds is 7. The third-order valence-corrected chi connectivity index (χ3v) is 2.88. The van der Waals surface area contributed by atoms with Crippen LogP contribution in [-0.4, -0.2) is 25.9 Å². The van der Waals surface area contributed by atoms with E-state index in [1.54, 1.807) is 0 Å². The topological polar surface area (TPSA) is 43.6 Å². The van der Waals surface area contributed by atoms with E-state index < -0.39 is 0 Å². The molecule has 0 bridgehead atoms. The number of furan rings is 1. The van der Waals surface area contributed by atoms with Gasteiger partial charge in [-0.2, -0.15) is 0 Å². The van der Waals surface area contributed by atoms with Gasteiger partial charge in [-0.25, -0.2) is 0 Å². The lowest BCUT2D eigenvalue weighted by atomic mass is 10.2. The van der Waals surface area contributed by atoms with Crippen molar-refractivity contribution in [2.75, 3.05) is 19.8 Å². The molecular formula is C13H21NO3. The highest BCUT2D eigenvalue weighted by molar-refractivity contribution is 5.20. The number of ether oxygens (including phenoxy) is 2. The molecule has 0 saturated carbocycles. The van der Waals surface area contributed by atoms with Crippen LogP contribution in [0, 0.1) is 6.92 Å². The van der Waals surface area contributed by atoms with Gasteiger partial charge in [0.2, 0.25) is 0 Å². The summed E-state index contributed by atoms with van der Waals surface area (Å²) in [6.45, 7) is 8.04. The van der Waals surface area contributed by atoms with Gasteiger partial charge < -0.3 is 19.2 Å². The third-order valence-electron chi connectivity index (χ3n) is 2.88. The second-order valence-corrected chi connectivity index (χ2v) is 4.44. The van der Waals surface area contributed by atoms with Crippen molar-refractivity contribution in [3.8, 4) is 0 Å². The first-order valence-corrected chi connectivity index (χ1v) is 6.28. The summed E-state index contributed by atoms with van der Waals surface area (Å²) in [7, 11) is 0. The molecule has 96 valence electrons. The maximum Gasteiger partial charge on any atom is 0.130 e. The summed E-state index contributed by atoms with van der Waals surface area (Å²) < 4.78 is 16.3. The molecule has 2 heterocycles. The number of hydrogen-bond donors (Lipinski definition) is 1. The Morgan fingerprint density at radius 3 is 2.94 bits per heavy atom. The van der Waals surface area contributed by atoms with E-state index in [0.717, 1.165) is 31.0 Å². The molecule has 1 aromatic rings. The zero-order valence-electron chi connectivity index (χ0n) is 10.6. The van der Waals surface area contributed by atoms with Crippen LogP contribution in [0.2, 0.25) is 0 Å². The molecule has 1 aliphatic rings. The standard InChI is InChI=1S/C13H21NO3/c1-3-4-14-6-11-5-12(17-10(11)2)9-16-13-7-15-8-13/h5,13-14H,3-4,6-9H2,1-2H3. The summed E-state index contributed by atoms with van der Waals surface area (Å²) in [5.74, 6) is 1.89. The van der Waals surface area contributed by atoms with Gasteiger partial charge in [-0.3, -0.25) is 0 Å². The summed E-state index contributed by atoms with van der Waals surface area (Å²) in [6, 6.07) is 2.08. The smallest absolute Gasteiger partial charge is 0.130 e. The van der Waals surface area contributed by atoms with E-state index in [0.29, 0.717) is 19.8 Å². The Morgan fingerprint density at radius 2 is 2.29 bits per heavy atom. The van der Waals surface area contributed by atoms with E-state index in [1.807, 2.05) is 6.92 Å². The minimum absolute atomic E-state index is 0.252. The molecule has 0 aromatic carbocycles. The molecule has 1 fully saturated rings. The lowest BCUT2D eigenvalue weighted by Crippen LogP contribution is -2.35. The Balaban J connectivity index is 1.79. The van der Waals surface area contributed by atoms with E-state index in [2.05, 4.69) is 18.3 Å². The van der Waals surface area contributed by atoms with Crippen LogP contribution in [0.15, 0.2) is 10.5 Å². The Bertz CT molecular complexity index is 344. The number of hydrogen-bond acceptors (Lipinski definition) is 4. The second kappa shape index (κ2) is 6.19. The van der Waals surface area contributed by atoms with Crippen molar-refractivity contribution >= 4 is 0 Å². The van der Waals surface area contributed by atoms with Crippen LogP contribution in [-0.2, 0) is 22.6 Å². The van der Waals surface area contributed by atoms with E-state index in [-0.39, 0.29) is 6.10 Å². The molecule has 0 radical (unpaired) electrons. The number of aryl methyl sites for hydroxylation is 1. The van der Waals surface area contributed by atoms with Gasteiger partial charge in [-0.1, -0.05) is 6.92 Å². The van der Waals surface area contributed by atoms with Crippen LogP contribution in [0.3, 0.4) is 0 Å². The first kappa shape index (κ1) is 12.6. The fourth-order valence-electron chi connectivity index (χ4n) is 1.74. The van der Waals surface area contributed by atoms with Crippen LogP contribution >= 0.6 is 0 Å². The molecule has 4 heteroatoms. The van der Waals surface area contributed by atoms with Crippen LogP contribution in [0.1, 0.15) is 30.4 Å². The van der Waals surface area contributed by atoms with Gasteiger partial charge in [0.25, 0.3) is 0 Å². The van der Waals surface area contributed by atoms with Crippen LogP contribution < -0.4 is 5.32 Å². The van der Waals surface area contributed by atoms with Crippen LogP contribution in [0.25, 0.3) is 0 Å². The maximum absolute atomic E-state index is 5.66. The van der Waals surface area contributed by atoms with E-state index in [4.69, 9.17) is 13.9 Å². The summed E-state index contributed by atoms with van der Waals surface area (Å²) >= 11 is 0. The van der Waals surface area contributed by atoms with Crippen LogP contribution in [0.5, 0.6) is 0 Å². The molecule has 0 spiro atoms. The zero-order valence-corrected chi connectivity index (χ0v) is 10.6. The molecule has 0 aliphatic carbocycles. The van der Waals surface area contributed by atoms with Gasteiger partial charge in [0.05, 0.1) is 13.2 Å². The molecular weight excluding hydrogens is 218 g/mol. The summed E-state index contributed by atoms with van der Waals surface area (Å²) in [4.78, 5) is 0. The normalized spacial score (nSPS) is 16.1. The maximum atomic E-state index is 5.66. The summed E-state index contributed by atoms with van der Waals surface area (Å²) in [5, 5.41) is 3.37. The molecule has 0 atom stereocenters. The lowest BCUT2D eigenvalue weighted by molar-refractivity contribution is -0.137. The van der Waals surface area contributed by atoms with Gasteiger partial charge in [0, 0.05) is 12.1 Å². The van der Waals surface area contributed by atoms with Crippen molar-refractivity contribution in [3.05, 3.63) is 23.2 Å². The van der Waals surface area contributed by atoms with Crippen molar-refractivity contribution in [1.29, 1.82) is 0 Å². The van der Waals surface area contributed by atoms with Crippen molar-refractivity contribution in [3.63, 3.8) is 0 Å². The van der Waals surface area contributed by atoms with Gasteiger partial charge in [-0.15, -0.1) is 0 Å². The Morgan fingerprint density at radius 1 is 1.47 bits per heavy atom. The minimum Gasteiger partial charge on any atom is -0.464 e. The minimum atomic E-state index is 0.252. The van der Waals surface area contributed by atoms with Gasteiger partial charge >= 0.3 is 0 Å². The van der Waals surface area contributed by atoms with Crippen molar-refractivity contribution in [2.24, 2.45) is 0 Å². The molecule has 0 amide bonds. The van der Waals surface area contributed by atoms with E-state index in [1.165, 1.54) is 5.56 Å². The highest BCUT2D eigenvalue weighted by Gasteiger charge is 2.19. The summed E-state index contributed by atoms with van der Waals surface area (Å²) in [5.41, 5.74) is 1.22. The lowest BCUT2D eigenvalue weighted by Gasteiger charge is -2.25. The Kier molecular flexibility index (Phi) is 4.59. The highest BCUT2D eigenvalue weighted by atomic mass is 16.6. The molecule has 0 unspecified atom stereocenters.